The summed E-state index contributed by atoms with van der Waals surface area (Å²) >= 11 is 18.2. The van der Waals surface area contributed by atoms with Gasteiger partial charge in [-0.3, -0.25) is 9.59 Å². The van der Waals surface area contributed by atoms with Gasteiger partial charge in [0.15, 0.2) is 5.82 Å². The molecule has 0 spiro atoms. The zero-order valence-corrected chi connectivity index (χ0v) is 26.0. The van der Waals surface area contributed by atoms with Crippen molar-refractivity contribution < 1.29 is 14.3 Å². The average molecular weight is 677 g/mol. The molecule has 5 aliphatic rings. The molecule has 12 heteroatoms. The molecule has 41 heavy (non-hydrogen) atoms. The van der Waals surface area contributed by atoms with Crippen molar-refractivity contribution in [3.05, 3.63) is 62.3 Å². The minimum absolute atomic E-state index is 0.0313. The molecule has 0 atom stereocenters. The second-order valence-electron chi connectivity index (χ2n) is 11.8. The number of hydrogen-bond donors (Lipinski definition) is 2. The minimum Gasteiger partial charge on any atom is -0.472 e. The number of carbonyl (C=O) groups is 2. The number of ether oxygens (including phenoxy) is 1. The van der Waals surface area contributed by atoms with Crippen molar-refractivity contribution in [3.63, 3.8) is 0 Å². The molecule has 2 aromatic heterocycles. The Balaban J connectivity index is 1.19. The molecule has 5 fully saturated rings. The Labute approximate surface area is 260 Å². The number of benzene rings is 1. The lowest BCUT2D eigenvalue weighted by atomic mass is 9.53. The van der Waals surface area contributed by atoms with Crippen LogP contribution in [0.2, 0.25) is 10.0 Å². The van der Waals surface area contributed by atoms with Crippen LogP contribution in [0.1, 0.15) is 59.4 Å². The number of aromatic nitrogens is 3. The molecule has 1 aliphatic heterocycles. The Morgan fingerprint density at radius 3 is 2.39 bits per heavy atom. The Morgan fingerprint density at radius 1 is 1.05 bits per heavy atom. The highest BCUT2D eigenvalue weighted by Crippen LogP contribution is 2.55. The van der Waals surface area contributed by atoms with E-state index in [4.69, 9.17) is 27.9 Å². The lowest BCUT2D eigenvalue weighted by Gasteiger charge is -2.56. The summed E-state index contributed by atoms with van der Waals surface area (Å²) in [6.07, 6.45) is 8.48. The number of amides is 2. The Bertz CT molecular complexity index is 1510. The van der Waals surface area contributed by atoms with Crippen molar-refractivity contribution in [2.45, 2.75) is 50.2 Å². The topological polar surface area (TPSA) is 98.1 Å². The maximum absolute atomic E-state index is 13.9. The predicted octanol–water partition coefficient (Wildman–Crippen LogP) is 6.78. The molecule has 8 nitrogen and oxygen atoms in total. The highest BCUT2D eigenvalue weighted by molar-refractivity contribution is 9.10. The van der Waals surface area contributed by atoms with Gasteiger partial charge in [0.25, 0.3) is 11.8 Å². The van der Waals surface area contributed by atoms with Crippen LogP contribution in [0, 0.1) is 17.8 Å². The summed E-state index contributed by atoms with van der Waals surface area (Å²) in [7, 11) is 0. The number of rotatable bonds is 7. The van der Waals surface area contributed by atoms with Gasteiger partial charge in [0.05, 0.1) is 16.3 Å². The average Bonchev–Trinajstić information content (AvgIpc) is 3.30. The highest BCUT2D eigenvalue weighted by atomic mass is 79.9. The van der Waals surface area contributed by atoms with E-state index in [1.54, 1.807) is 48.3 Å². The van der Waals surface area contributed by atoms with Crippen LogP contribution in [-0.4, -0.2) is 49.7 Å². The summed E-state index contributed by atoms with van der Waals surface area (Å²) in [6, 6.07) is 8.22. The monoisotopic (exact) mass is 675 g/mol. The SMILES string of the molecule is O=C(NC12CC3CC(CC(C3)C1)C2)c1cc(Cl)cc(Br)c1NC(=O)c1cc(OC2CSC2)nn1-c1ncccc1Cl. The summed E-state index contributed by atoms with van der Waals surface area (Å²) in [5.41, 5.74) is 0.613. The van der Waals surface area contributed by atoms with E-state index in [1.165, 1.54) is 23.9 Å². The number of carbonyl (C=O) groups excluding carboxylic acids is 2. The molecule has 4 saturated carbocycles. The number of pyridine rings is 1. The molecule has 1 saturated heterocycles. The number of nitrogens with one attached hydrogen (secondary N) is 2. The number of thioether (sulfide) groups is 1. The highest BCUT2D eigenvalue weighted by Gasteiger charge is 2.51. The molecule has 4 bridgehead atoms. The standard InChI is InChI=1S/C29H28BrCl2N5O3S/c30-21-8-18(31)7-20(27(38)35-29-10-15-4-16(11-29)6-17(5-15)12-29)25(21)34-28(39)23-9-24(40-19-13-41-14-19)36-37(23)26-22(32)2-1-3-33-26/h1-3,7-9,15-17,19H,4-6,10-14H2,(H,34,39)(H,35,38). The second-order valence-corrected chi connectivity index (χ2v) is 14.6. The summed E-state index contributed by atoms with van der Waals surface area (Å²) in [5.74, 6) is 3.63. The molecule has 3 heterocycles. The Kier molecular flexibility index (Phi) is 7.24. The van der Waals surface area contributed by atoms with Gasteiger partial charge in [-0.2, -0.15) is 11.8 Å². The van der Waals surface area contributed by atoms with Crippen molar-refractivity contribution in [3.8, 4) is 11.7 Å². The molecular weight excluding hydrogens is 649 g/mol. The molecule has 0 unspecified atom stereocenters. The molecule has 3 aromatic rings. The van der Waals surface area contributed by atoms with Crippen LogP contribution in [0.15, 0.2) is 41.0 Å². The fourth-order valence-corrected chi connectivity index (χ4v) is 9.03. The number of halogens is 3. The Morgan fingerprint density at radius 2 is 1.76 bits per heavy atom. The lowest BCUT2D eigenvalue weighted by Crippen LogP contribution is -2.59. The lowest BCUT2D eigenvalue weighted by molar-refractivity contribution is -0.0166. The van der Waals surface area contributed by atoms with Gasteiger partial charge in [0, 0.05) is 38.8 Å². The van der Waals surface area contributed by atoms with Crippen molar-refractivity contribution in [2.24, 2.45) is 17.8 Å². The summed E-state index contributed by atoms with van der Waals surface area (Å²) in [4.78, 5) is 32.0. The van der Waals surface area contributed by atoms with Crippen LogP contribution in [0.5, 0.6) is 5.88 Å². The second kappa shape index (κ2) is 10.8. The first-order valence-electron chi connectivity index (χ1n) is 13.8. The summed E-state index contributed by atoms with van der Waals surface area (Å²) < 4.78 is 7.85. The van der Waals surface area contributed by atoms with Gasteiger partial charge in [-0.25, -0.2) is 9.67 Å². The largest absolute Gasteiger partial charge is 0.472 e. The van der Waals surface area contributed by atoms with Crippen LogP contribution in [0.25, 0.3) is 5.82 Å². The molecule has 214 valence electrons. The first-order chi connectivity index (χ1) is 19.7. The fraction of sp³-hybridized carbons (Fsp3) is 0.448. The third-order valence-electron chi connectivity index (χ3n) is 8.71. The molecule has 2 amide bonds. The summed E-state index contributed by atoms with van der Waals surface area (Å²) in [6.45, 7) is 0. The van der Waals surface area contributed by atoms with Crippen molar-refractivity contribution in [1.29, 1.82) is 0 Å². The van der Waals surface area contributed by atoms with E-state index in [0.717, 1.165) is 30.8 Å². The zero-order valence-electron chi connectivity index (χ0n) is 22.0. The van der Waals surface area contributed by atoms with Crippen LogP contribution in [-0.2, 0) is 0 Å². The fourth-order valence-electron chi connectivity index (χ4n) is 7.36. The van der Waals surface area contributed by atoms with Gasteiger partial charge in [0.2, 0.25) is 5.88 Å². The minimum atomic E-state index is -0.496. The Hall–Kier alpha value is -2.27. The van der Waals surface area contributed by atoms with E-state index in [9.17, 15) is 9.59 Å². The zero-order chi connectivity index (χ0) is 28.3. The molecular formula is C29H28BrCl2N5O3S. The normalized spacial score (nSPS) is 26.5. The van der Waals surface area contributed by atoms with Gasteiger partial charge in [-0.05, 0) is 96.5 Å². The van der Waals surface area contributed by atoms with Crippen molar-refractivity contribution in [2.75, 3.05) is 16.8 Å². The van der Waals surface area contributed by atoms with E-state index >= 15 is 0 Å². The van der Waals surface area contributed by atoms with Crippen LogP contribution in [0.3, 0.4) is 0 Å². The number of anilines is 1. The van der Waals surface area contributed by atoms with E-state index < -0.39 is 5.91 Å². The van der Waals surface area contributed by atoms with Crippen molar-refractivity contribution >= 4 is 68.4 Å². The third-order valence-corrected chi connectivity index (χ3v) is 11.1. The van der Waals surface area contributed by atoms with E-state index in [-0.39, 0.29) is 23.2 Å². The van der Waals surface area contributed by atoms with Crippen LogP contribution < -0.4 is 15.4 Å². The van der Waals surface area contributed by atoms with E-state index in [2.05, 4.69) is 36.6 Å². The van der Waals surface area contributed by atoms with E-state index in [0.29, 0.717) is 55.2 Å². The van der Waals surface area contributed by atoms with E-state index in [1.807, 2.05) is 0 Å². The number of hydrogen-bond acceptors (Lipinski definition) is 6. The van der Waals surface area contributed by atoms with Gasteiger partial charge in [-0.15, -0.1) is 5.10 Å². The first-order valence-corrected chi connectivity index (χ1v) is 16.5. The molecule has 0 radical (unpaired) electrons. The quantitative estimate of drug-likeness (QED) is 0.286. The predicted molar refractivity (Wildman–Crippen MR) is 164 cm³/mol. The van der Waals surface area contributed by atoms with Gasteiger partial charge in [0.1, 0.15) is 11.8 Å². The smallest absolute Gasteiger partial charge is 0.274 e. The maximum Gasteiger partial charge on any atom is 0.274 e. The molecule has 2 N–H and O–H groups in total. The first kappa shape index (κ1) is 27.6. The summed E-state index contributed by atoms with van der Waals surface area (Å²) in [5, 5.41) is 11.6. The molecule has 1 aromatic carbocycles. The van der Waals surface area contributed by atoms with Gasteiger partial charge in [-0.1, -0.05) is 23.2 Å². The van der Waals surface area contributed by atoms with Crippen molar-refractivity contribution in [1.82, 2.24) is 20.1 Å². The number of nitrogens with zero attached hydrogens (tertiary/aromatic N) is 3. The van der Waals surface area contributed by atoms with Crippen LogP contribution in [0.4, 0.5) is 5.69 Å². The third kappa shape index (κ3) is 5.37. The molecule has 4 aliphatic carbocycles. The van der Waals surface area contributed by atoms with Gasteiger partial charge >= 0.3 is 0 Å². The van der Waals surface area contributed by atoms with Gasteiger partial charge < -0.3 is 15.4 Å². The maximum atomic E-state index is 13.9. The van der Waals surface area contributed by atoms with Crippen LogP contribution >= 0.6 is 50.9 Å². The molecule has 8 rings (SSSR count).